The van der Waals surface area contributed by atoms with Gasteiger partial charge in [0.15, 0.2) is 0 Å². The van der Waals surface area contributed by atoms with Crippen molar-refractivity contribution in [2.75, 3.05) is 20.2 Å². The standard InChI is InChI=1S/C13H16N2O3S/c1-3-15(8-12(16)17-2)7-10-9-18-13(14-10)11-5-4-6-19-11/h4-6,9H,3,7-8H2,1-2H3. The molecule has 6 heteroatoms. The molecule has 19 heavy (non-hydrogen) atoms. The quantitative estimate of drug-likeness (QED) is 0.760. The molecule has 102 valence electrons. The predicted molar refractivity (Wildman–Crippen MR) is 72.8 cm³/mol. The van der Waals surface area contributed by atoms with E-state index in [9.17, 15) is 4.79 Å². The lowest BCUT2D eigenvalue weighted by Gasteiger charge is -2.16. The third-order valence-corrected chi connectivity index (χ3v) is 3.55. The molecule has 0 aliphatic carbocycles. The number of oxazole rings is 1. The average molecular weight is 280 g/mol. The molecule has 0 spiro atoms. The zero-order valence-corrected chi connectivity index (χ0v) is 11.8. The number of hydrogen-bond acceptors (Lipinski definition) is 6. The Balaban J connectivity index is 2.00. The second-order valence-corrected chi connectivity index (χ2v) is 4.95. The number of hydrogen-bond donors (Lipinski definition) is 0. The summed E-state index contributed by atoms with van der Waals surface area (Å²) in [6, 6.07) is 3.92. The summed E-state index contributed by atoms with van der Waals surface area (Å²) >= 11 is 1.58. The normalized spacial score (nSPS) is 10.9. The van der Waals surface area contributed by atoms with Crippen LogP contribution in [0, 0.1) is 0 Å². The van der Waals surface area contributed by atoms with Crippen molar-refractivity contribution in [2.24, 2.45) is 0 Å². The summed E-state index contributed by atoms with van der Waals surface area (Å²) in [5.41, 5.74) is 0.814. The van der Waals surface area contributed by atoms with Crippen molar-refractivity contribution in [3.63, 3.8) is 0 Å². The molecule has 2 rings (SSSR count). The molecule has 0 aromatic carbocycles. The van der Waals surface area contributed by atoms with Gasteiger partial charge in [-0.25, -0.2) is 4.98 Å². The fourth-order valence-corrected chi connectivity index (χ4v) is 2.30. The van der Waals surface area contributed by atoms with E-state index in [0.717, 1.165) is 17.1 Å². The Hall–Kier alpha value is -1.66. The fourth-order valence-electron chi connectivity index (χ4n) is 1.65. The van der Waals surface area contributed by atoms with Crippen LogP contribution < -0.4 is 0 Å². The molecular formula is C13H16N2O3S. The number of nitrogens with zero attached hydrogens (tertiary/aromatic N) is 2. The van der Waals surface area contributed by atoms with Crippen LogP contribution in [-0.4, -0.2) is 36.1 Å². The Morgan fingerprint density at radius 1 is 1.58 bits per heavy atom. The minimum Gasteiger partial charge on any atom is -0.468 e. The molecule has 0 saturated heterocycles. The van der Waals surface area contributed by atoms with Crippen LogP contribution in [0.2, 0.25) is 0 Å². The first-order valence-electron chi connectivity index (χ1n) is 6.00. The summed E-state index contributed by atoms with van der Waals surface area (Å²) in [7, 11) is 1.39. The van der Waals surface area contributed by atoms with Crippen molar-refractivity contribution in [3.8, 4) is 10.8 Å². The van der Waals surface area contributed by atoms with E-state index in [1.54, 1.807) is 17.6 Å². The Kier molecular flexibility index (Phi) is 4.70. The Labute approximate surface area is 115 Å². The summed E-state index contributed by atoms with van der Waals surface area (Å²) in [4.78, 5) is 18.6. The van der Waals surface area contributed by atoms with E-state index < -0.39 is 0 Å². The summed E-state index contributed by atoms with van der Waals surface area (Å²) in [5.74, 6) is 0.378. The lowest BCUT2D eigenvalue weighted by atomic mass is 10.4. The van der Waals surface area contributed by atoms with Gasteiger partial charge in [0.25, 0.3) is 0 Å². The van der Waals surface area contributed by atoms with E-state index in [-0.39, 0.29) is 12.5 Å². The van der Waals surface area contributed by atoms with Gasteiger partial charge in [-0.2, -0.15) is 0 Å². The van der Waals surface area contributed by atoms with Crippen molar-refractivity contribution >= 4 is 17.3 Å². The van der Waals surface area contributed by atoms with E-state index in [2.05, 4.69) is 9.72 Å². The molecule has 2 heterocycles. The van der Waals surface area contributed by atoms with E-state index >= 15 is 0 Å². The van der Waals surface area contributed by atoms with Gasteiger partial charge in [0.05, 0.1) is 24.2 Å². The number of aromatic nitrogens is 1. The molecular weight excluding hydrogens is 264 g/mol. The second kappa shape index (κ2) is 6.49. The lowest BCUT2D eigenvalue weighted by molar-refractivity contribution is -0.142. The Morgan fingerprint density at radius 3 is 3.05 bits per heavy atom. The second-order valence-electron chi connectivity index (χ2n) is 4.00. The van der Waals surface area contributed by atoms with E-state index in [0.29, 0.717) is 12.4 Å². The fraction of sp³-hybridized carbons (Fsp3) is 0.385. The van der Waals surface area contributed by atoms with Crippen molar-refractivity contribution < 1.29 is 13.9 Å². The van der Waals surface area contributed by atoms with Crippen LogP contribution in [0.15, 0.2) is 28.2 Å². The number of carbonyl (C=O) groups excluding carboxylic acids is 1. The van der Waals surface area contributed by atoms with Crippen LogP contribution in [0.3, 0.4) is 0 Å². The molecule has 0 bridgehead atoms. The largest absolute Gasteiger partial charge is 0.468 e. The van der Waals surface area contributed by atoms with E-state index in [1.165, 1.54) is 7.11 Å². The van der Waals surface area contributed by atoms with Crippen LogP contribution in [0.4, 0.5) is 0 Å². The van der Waals surface area contributed by atoms with Crippen LogP contribution in [-0.2, 0) is 16.1 Å². The Morgan fingerprint density at radius 2 is 2.42 bits per heavy atom. The van der Waals surface area contributed by atoms with Gasteiger partial charge in [0.1, 0.15) is 6.26 Å². The molecule has 0 amide bonds. The molecule has 5 nitrogen and oxygen atoms in total. The van der Waals surface area contributed by atoms with Gasteiger partial charge in [-0.15, -0.1) is 11.3 Å². The number of thiophene rings is 1. The highest BCUT2D eigenvalue weighted by Gasteiger charge is 2.13. The first-order chi connectivity index (χ1) is 9.22. The Bertz CT molecular complexity index is 522. The third kappa shape index (κ3) is 3.65. The molecule has 0 fully saturated rings. The number of ether oxygens (including phenoxy) is 1. The maximum atomic E-state index is 11.3. The molecule has 0 atom stereocenters. The minimum atomic E-state index is -0.246. The van der Waals surface area contributed by atoms with Gasteiger partial charge in [0.2, 0.25) is 5.89 Å². The van der Waals surface area contributed by atoms with Gasteiger partial charge in [0, 0.05) is 6.54 Å². The van der Waals surface area contributed by atoms with Crippen molar-refractivity contribution in [1.29, 1.82) is 0 Å². The summed E-state index contributed by atoms with van der Waals surface area (Å²) < 4.78 is 10.1. The molecule has 0 radical (unpaired) electrons. The zero-order valence-electron chi connectivity index (χ0n) is 11.0. The molecule has 2 aromatic heterocycles. The first-order valence-corrected chi connectivity index (χ1v) is 6.88. The van der Waals surface area contributed by atoms with Crippen LogP contribution in [0.5, 0.6) is 0 Å². The number of carbonyl (C=O) groups is 1. The monoisotopic (exact) mass is 280 g/mol. The lowest BCUT2D eigenvalue weighted by Crippen LogP contribution is -2.30. The highest BCUT2D eigenvalue weighted by Crippen LogP contribution is 2.23. The number of rotatable bonds is 6. The number of likely N-dealkylation sites (N-methyl/N-ethyl adjacent to an activating group) is 1. The first kappa shape index (κ1) is 13.8. The SMILES string of the molecule is CCN(CC(=O)OC)Cc1coc(-c2cccs2)n1. The molecule has 0 unspecified atom stereocenters. The van der Waals surface area contributed by atoms with Crippen molar-refractivity contribution in [1.82, 2.24) is 9.88 Å². The highest BCUT2D eigenvalue weighted by molar-refractivity contribution is 7.13. The molecule has 2 aromatic rings. The van der Waals surface area contributed by atoms with E-state index in [4.69, 9.17) is 4.42 Å². The summed E-state index contributed by atoms with van der Waals surface area (Å²) in [6.07, 6.45) is 1.63. The third-order valence-electron chi connectivity index (χ3n) is 2.70. The molecule has 0 aliphatic heterocycles. The molecule has 0 aliphatic rings. The van der Waals surface area contributed by atoms with Gasteiger partial charge in [-0.1, -0.05) is 13.0 Å². The maximum absolute atomic E-state index is 11.3. The van der Waals surface area contributed by atoms with E-state index in [1.807, 2.05) is 29.3 Å². The van der Waals surface area contributed by atoms with Crippen LogP contribution in [0.25, 0.3) is 10.8 Å². The summed E-state index contributed by atoms with van der Waals surface area (Å²) in [6.45, 7) is 3.56. The van der Waals surface area contributed by atoms with Crippen LogP contribution >= 0.6 is 11.3 Å². The number of esters is 1. The van der Waals surface area contributed by atoms with Crippen molar-refractivity contribution in [2.45, 2.75) is 13.5 Å². The number of methoxy groups -OCH3 is 1. The molecule has 0 saturated carbocycles. The van der Waals surface area contributed by atoms with Gasteiger partial charge >= 0.3 is 5.97 Å². The van der Waals surface area contributed by atoms with Gasteiger partial charge in [-0.3, -0.25) is 9.69 Å². The highest BCUT2D eigenvalue weighted by atomic mass is 32.1. The zero-order chi connectivity index (χ0) is 13.7. The molecule has 0 N–H and O–H groups in total. The summed E-state index contributed by atoms with van der Waals surface area (Å²) in [5, 5.41) is 1.98. The van der Waals surface area contributed by atoms with Crippen LogP contribution in [0.1, 0.15) is 12.6 Å². The minimum absolute atomic E-state index is 0.246. The average Bonchev–Trinajstić information content (AvgIpc) is 3.08. The maximum Gasteiger partial charge on any atom is 0.319 e. The predicted octanol–water partition coefficient (Wildman–Crippen LogP) is 2.40. The topological polar surface area (TPSA) is 55.6 Å². The van der Waals surface area contributed by atoms with Crippen molar-refractivity contribution in [3.05, 3.63) is 29.5 Å². The smallest absolute Gasteiger partial charge is 0.319 e. The van der Waals surface area contributed by atoms with Gasteiger partial charge < -0.3 is 9.15 Å². The van der Waals surface area contributed by atoms with Gasteiger partial charge in [-0.05, 0) is 18.0 Å².